The minimum absolute atomic E-state index is 0. The van der Waals surface area contributed by atoms with E-state index in [1.54, 1.807) is 30.5 Å². The van der Waals surface area contributed by atoms with Crippen LogP contribution in [0.5, 0.6) is 5.75 Å². The Kier molecular flexibility index (Phi) is 8.19. The average Bonchev–Trinajstić information content (AvgIpc) is 2.90. The molecule has 4 heterocycles. The molecule has 1 N–H and O–H groups in total. The average molecular weight is 587 g/mol. The van der Waals surface area contributed by atoms with Gasteiger partial charge in [0, 0.05) is 35.9 Å². The molecule has 2 bridgehead atoms. The van der Waals surface area contributed by atoms with Crippen molar-refractivity contribution in [2.75, 3.05) is 20.2 Å². The van der Waals surface area contributed by atoms with Crippen molar-refractivity contribution < 1.29 is 53.1 Å². The second kappa shape index (κ2) is 10.9. The van der Waals surface area contributed by atoms with Crippen molar-refractivity contribution in [3.05, 3.63) is 83.6 Å². The molecule has 216 valence electrons. The number of aliphatic hydroxyl groups excluding tert-OH is 1. The summed E-state index contributed by atoms with van der Waals surface area (Å²) < 4.78 is 87.2. The van der Waals surface area contributed by atoms with Gasteiger partial charge in [0.25, 0.3) is 0 Å². The molecule has 0 aliphatic carbocycles. The van der Waals surface area contributed by atoms with Gasteiger partial charge in [-0.3, -0.25) is 4.98 Å². The lowest BCUT2D eigenvalue weighted by molar-refractivity contribution is -0.984. The van der Waals surface area contributed by atoms with Crippen molar-refractivity contribution in [2.45, 2.75) is 43.9 Å². The molecule has 3 aliphatic heterocycles. The second-order valence-corrected chi connectivity index (χ2v) is 10.7. The molecule has 3 aromatic rings. The highest BCUT2D eigenvalue weighted by Gasteiger charge is 2.54. The summed E-state index contributed by atoms with van der Waals surface area (Å²) in [4.78, 5) is 4.37. The Balaban J connectivity index is 0.00000370. The number of alkyl halides is 6. The molecule has 5 atom stereocenters. The quantitative estimate of drug-likeness (QED) is 0.271. The van der Waals surface area contributed by atoms with Gasteiger partial charge >= 0.3 is 12.4 Å². The maximum Gasteiger partial charge on any atom is 0.416 e. The van der Waals surface area contributed by atoms with Gasteiger partial charge in [0.1, 0.15) is 24.4 Å². The van der Waals surface area contributed by atoms with Crippen LogP contribution in [0.15, 0.2) is 61.3 Å². The van der Waals surface area contributed by atoms with Crippen LogP contribution in [-0.4, -0.2) is 40.8 Å². The number of nitrogens with zero attached hydrogens (tertiary/aromatic N) is 2. The molecule has 6 rings (SSSR count). The van der Waals surface area contributed by atoms with E-state index in [1.165, 1.54) is 7.11 Å². The van der Waals surface area contributed by atoms with Crippen LogP contribution in [0.3, 0.4) is 0 Å². The summed E-state index contributed by atoms with van der Waals surface area (Å²) >= 11 is 0. The lowest BCUT2D eigenvalue weighted by Crippen LogP contribution is -3.00. The number of hydrogen-bond acceptors (Lipinski definition) is 3. The van der Waals surface area contributed by atoms with E-state index in [1.807, 2.05) is 6.08 Å². The lowest BCUT2D eigenvalue weighted by Gasteiger charge is -2.58. The molecule has 40 heavy (non-hydrogen) atoms. The minimum Gasteiger partial charge on any atom is -1.00 e. The zero-order chi connectivity index (χ0) is 28.2. The zero-order valence-electron chi connectivity index (χ0n) is 21.6. The Morgan fingerprint density at radius 1 is 1.07 bits per heavy atom. The van der Waals surface area contributed by atoms with Crippen LogP contribution < -0.4 is 17.1 Å². The number of fused-ring (bicyclic) bond motifs is 4. The van der Waals surface area contributed by atoms with Crippen LogP contribution in [-0.2, 0) is 18.9 Å². The first kappa shape index (κ1) is 30.1. The van der Waals surface area contributed by atoms with Crippen molar-refractivity contribution in [2.24, 2.45) is 11.8 Å². The lowest BCUT2D eigenvalue weighted by atomic mass is 9.71. The topological polar surface area (TPSA) is 42.4 Å². The van der Waals surface area contributed by atoms with E-state index < -0.39 is 35.6 Å². The van der Waals surface area contributed by atoms with E-state index in [0.29, 0.717) is 41.7 Å². The number of benzene rings is 2. The van der Waals surface area contributed by atoms with Crippen molar-refractivity contribution in [1.29, 1.82) is 0 Å². The van der Waals surface area contributed by atoms with Crippen molar-refractivity contribution in [1.82, 2.24) is 4.98 Å². The molecule has 0 saturated carbocycles. The number of rotatable bonds is 6. The van der Waals surface area contributed by atoms with Gasteiger partial charge in [-0.05, 0) is 53.9 Å². The van der Waals surface area contributed by atoms with Gasteiger partial charge < -0.3 is 26.7 Å². The highest BCUT2D eigenvalue weighted by atomic mass is 35.5. The third kappa shape index (κ3) is 5.53. The summed E-state index contributed by atoms with van der Waals surface area (Å²) in [7, 11) is 1.53. The molecule has 0 amide bonds. The van der Waals surface area contributed by atoms with Crippen molar-refractivity contribution in [3.8, 4) is 5.75 Å². The highest BCUT2D eigenvalue weighted by molar-refractivity contribution is 5.83. The van der Waals surface area contributed by atoms with Gasteiger partial charge in [-0.2, -0.15) is 26.3 Å². The van der Waals surface area contributed by atoms with E-state index >= 15 is 0 Å². The number of quaternary nitrogens is 1. The van der Waals surface area contributed by atoms with Crippen LogP contribution in [0.25, 0.3) is 10.9 Å². The predicted octanol–water partition coefficient (Wildman–Crippen LogP) is 3.93. The normalized spacial score (nSPS) is 25.4. The van der Waals surface area contributed by atoms with Crippen LogP contribution in [0.2, 0.25) is 0 Å². The number of pyridine rings is 1. The molecule has 0 spiro atoms. The Morgan fingerprint density at radius 2 is 1.75 bits per heavy atom. The van der Waals surface area contributed by atoms with Crippen LogP contribution in [0.4, 0.5) is 26.3 Å². The van der Waals surface area contributed by atoms with E-state index in [9.17, 15) is 31.4 Å². The smallest absolute Gasteiger partial charge is 0.416 e. The summed E-state index contributed by atoms with van der Waals surface area (Å²) in [6.07, 6.45) is -6.16. The fourth-order valence-electron chi connectivity index (χ4n) is 6.59. The van der Waals surface area contributed by atoms with Crippen molar-refractivity contribution in [3.63, 3.8) is 0 Å². The molecule has 4 nitrogen and oxygen atoms in total. The van der Waals surface area contributed by atoms with Crippen LogP contribution in [0.1, 0.15) is 41.2 Å². The molecule has 3 saturated heterocycles. The Hall–Kier alpha value is -2.82. The largest absolute Gasteiger partial charge is 1.00 e. The number of piperidine rings is 3. The summed E-state index contributed by atoms with van der Waals surface area (Å²) in [5.74, 6) is 0.843. The van der Waals surface area contributed by atoms with Crippen LogP contribution >= 0.6 is 0 Å². The fourth-order valence-corrected chi connectivity index (χ4v) is 6.59. The number of hydrogen-bond donors (Lipinski definition) is 1. The molecule has 11 heteroatoms. The Labute approximate surface area is 234 Å². The van der Waals surface area contributed by atoms with E-state index in [4.69, 9.17) is 4.74 Å². The van der Waals surface area contributed by atoms with Gasteiger partial charge in [0.05, 0.1) is 36.8 Å². The minimum atomic E-state index is -4.93. The first-order chi connectivity index (χ1) is 18.3. The number of ether oxygens (including phenoxy) is 1. The van der Waals surface area contributed by atoms with Gasteiger partial charge in [-0.1, -0.05) is 6.08 Å². The summed E-state index contributed by atoms with van der Waals surface area (Å²) in [6.45, 7) is 4.86. The monoisotopic (exact) mass is 586 g/mol. The zero-order valence-corrected chi connectivity index (χ0v) is 22.4. The summed E-state index contributed by atoms with van der Waals surface area (Å²) in [5.41, 5.74) is -1.47. The maximum absolute atomic E-state index is 13.6. The van der Waals surface area contributed by atoms with Crippen LogP contribution in [0, 0.1) is 11.8 Å². The summed E-state index contributed by atoms with van der Waals surface area (Å²) in [5, 5.41) is 12.5. The molecular formula is C29H29ClF6N2O2. The summed E-state index contributed by atoms with van der Waals surface area (Å²) in [6, 6.07) is 8.34. The molecule has 3 fully saturated rings. The molecule has 3 aliphatic rings. The molecule has 1 aromatic heterocycles. The molecule has 2 aromatic carbocycles. The Bertz CT molecular complexity index is 1360. The second-order valence-electron chi connectivity index (χ2n) is 10.7. The predicted molar refractivity (Wildman–Crippen MR) is 134 cm³/mol. The maximum atomic E-state index is 13.6. The molecular weight excluding hydrogens is 558 g/mol. The number of halogens is 7. The molecule has 3 unspecified atom stereocenters. The number of aromatic nitrogens is 1. The Morgan fingerprint density at radius 3 is 2.35 bits per heavy atom. The number of aliphatic hydroxyl groups is 1. The van der Waals surface area contributed by atoms with Gasteiger partial charge in [-0.25, -0.2) is 0 Å². The van der Waals surface area contributed by atoms with Crippen molar-refractivity contribution >= 4 is 10.9 Å². The van der Waals surface area contributed by atoms with Gasteiger partial charge in [0.2, 0.25) is 0 Å². The van der Waals surface area contributed by atoms with E-state index in [0.717, 1.165) is 18.6 Å². The third-order valence-electron chi connectivity index (χ3n) is 8.49. The first-order valence-corrected chi connectivity index (χ1v) is 12.7. The van der Waals surface area contributed by atoms with E-state index in [2.05, 4.69) is 11.6 Å². The standard InChI is InChI=1S/C29H29F6N2O2.ClH/c1-3-18-16-37(15-17-10-20(28(30,31)32)13-21(11-17)29(33,34)35)9-7-19(18)12-26(37)27(38)23-6-8-36-25-5-4-22(39-2)14-24(23)25;/h3-6,8,10-11,13-14,18-19,26-27,38H,1,7,9,12,15-16H2,2H3;1H/q+1;/p-1/t18?,19?,26-,27+,37?;/m0./s1. The third-order valence-corrected chi connectivity index (χ3v) is 8.49. The molecule has 0 radical (unpaired) electrons. The SMILES string of the molecule is C=CC1C[N+]2(Cc3cc(C(F)(F)F)cc(C(F)(F)F)c3)CCC1C[C@H]2[C@H](O)c1ccnc2ccc(OC)cc12.[Cl-]. The van der Waals surface area contributed by atoms with Gasteiger partial charge in [0.15, 0.2) is 0 Å². The van der Waals surface area contributed by atoms with Gasteiger partial charge in [-0.15, -0.1) is 6.58 Å². The first-order valence-electron chi connectivity index (χ1n) is 12.7. The highest BCUT2D eigenvalue weighted by Crippen LogP contribution is 2.48. The fraction of sp³-hybridized carbons (Fsp3) is 0.414. The number of methoxy groups -OCH3 is 1. The van der Waals surface area contributed by atoms with E-state index in [-0.39, 0.29) is 46.9 Å².